The molecule has 0 aliphatic carbocycles. The maximum absolute atomic E-state index is 12.2. The van der Waals surface area contributed by atoms with Crippen LogP contribution >= 0.6 is 0 Å². The smallest absolute Gasteiger partial charge is 0.258 e. The predicted molar refractivity (Wildman–Crippen MR) is 123 cm³/mol. The van der Waals surface area contributed by atoms with Crippen molar-refractivity contribution in [3.05, 3.63) is 90.0 Å². The highest BCUT2D eigenvalue weighted by molar-refractivity contribution is 5.95. The van der Waals surface area contributed by atoms with Crippen LogP contribution in [0.25, 0.3) is 0 Å². The van der Waals surface area contributed by atoms with Gasteiger partial charge in [-0.2, -0.15) is 0 Å². The van der Waals surface area contributed by atoms with Crippen LogP contribution in [0.1, 0.15) is 24.0 Å². The second-order valence-corrected chi connectivity index (χ2v) is 7.63. The van der Waals surface area contributed by atoms with Crippen molar-refractivity contribution in [2.45, 2.75) is 26.0 Å². The van der Waals surface area contributed by atoms with E-state index in [1.165, 1.54) is 0 Å². The van der Waals surface area contributed by atoms with Gasteiger partial charge in [-0.25, -0.2) is 0 Å². The Kier molecular flexibility index (Phi) is 7.02. The minimum absolute atomic E-state index is 0.0956. The zero-order valence-corrected chi connectivity index (χ0v) is 17.8. The first-order valence-corrected chi connectivity index (χ1v) is 10.7. The van der Waals surface area contributed by atoms with E-state index in [1.807, 2.05) is 66.7 Å². The van der Waals surface area contributed by atoms with E-state index in [0.717, 1.165) is 35.5 Å². The zero-order chi connectivity index (χ0) is 22.2. The Hall–Kier alpha value is -3.80. The molecule has 6 heteroatoms. The quantitative estimate of drug-likeness (QED) is 0.555. The monoisotopic (exact) mass is 430 g/mol. The van der Waals surface area contributed by atoms with Crippen LogP contribution in [0.3, 0.4) is 0 Å². The van der Waals surface area contributed by atoms with Gasteiger partial charge >= 0.3 is 0 Å². The van der Waals surface area contributed by atoms with Gasteiger partial charge in [-0.3, -0.25) is 9.59 Å². The first kappa shape index (κ1) is 21.4. The molecule has 1 fully saturated rings. The lowest BCUT2D eigenvalue weighted by Crippen LogP contribution is -2.28. The summed E-state index contributed by atoms with van der Waals surface area (Å²) in [6.45, 7) is 1.50. The van der Waals surface area contributed by atoms with E-state index in [2.05, 4.69) is 5.32 Å². The molecule has 2 amide bonds. The lowest BCUT2D eigenvalue weighted by Gasteiger charge is -2.16. The molecule has 1 aliphatic rings. The van der Waals surface area contributed by atoms with Gasteiger partial charge in [-0.05, 0) is 41.8 Å². The highest BCUT2D eigenvalue weighted by atomic mass is 16.5. The summed E-state index contributed by atoms with van der Waals surface area (Å²) >= 11 is 0. The summed E-state index contributed by atoms with van der Waals surface area (Å²) in [5, 5.41) is 2.86. The number of rotatable bonds is 9. The Bertz CT molecular complexity index is 1070. The van der Waals surface area contributed by atoms with Crippen molar-refractivity contribution in [2.75, 3.05) is 18.1 Å². The predicted octanol–water partition coefficient (Wildman–Crippen LogP) is 4.09. The third-order valence-corrected chi connectivity index (χ3v) is 5.21. The van der Waals surface area contributed by atoms with Gasteiger partial charge in [0.25, 0.3) is 5.91 Å². The minimum Gasteiger partial charge on any atom is -0.489 e. The van der Waals surface area contributed by atoms with Crippen LogP contribution in [0.5, 0.6) is 11.5 Å². The summed E-state index contributed by atoms with van der Waals surface area (Å²) < 4.78 is 11.5. The minimum atomic E-state index is -0.219. The fraction of sp³-hybridized carbons (Fsp3) is 0.231. The van der Waals surface area contributed by atoms with Gasteiger partial charge in [-0.15, -0.1) is 0 Å². The maximum atomic E-state index is 12.2. The number of nitrogens with one attached hydrogen (secondary N) is 1. The normalized spacial score (nSPS) is 13.1. The molecule has 0 saturated carbocycles. The van der Waals surface area contributed by atoms with E-state index in [4.69, 9.17) is 9.47 Å². The van der Waals surface area contributed by atoms with Crippen molar-refractivity contribution >= 4 is 17.5 Å². The first-order chi connectivity index (χ1) is 15.7. The van der Waals surface area contributed by atoms with Crippen LogP contribution in [-0.2, 0) is 22.7 Å². The van der Waals surface area contributed by atoms with Gasteiger partial charge in [0.15, 0.2) is 6.61 Å². The van der Waals surface area contributed by atoms with Crippen molar-refractivity contribution in [3.63, 3.8) is 0 Å². The van der Waals surface area contributed by atoms with E-state index in [9.17, 15) is 9.59 Å². The van der Waals surface area contributed by atoms with Crippen molar-refractivity contribution in [1.29, 1.82) is 0 Å². The van der Waals surface area contributed by atoms with Gasteiger partial charge in [-0.1, -0.05) is 48.5 Å². The fourth-order valence-electron chi connectivity index (χ4n) is 3.55. The van der Waals surface area contributed by atoms with Crippen LogP contribution in [0.2, 0.25) is 0 Å². The molecule has 0 spiro atoms. The molecule has 32 heavy (non-hydrogen) atoms. The van der Waals surface area contributed by atoms with Crippen LogP contribution in [0, 0.1) is 0 Å². The SMILES string of the molecule is O=C(COc1cccc(N2CCCC2=O)c1)NCc1cccc(OCc2ccccc2)c1. The average molecular weight is 431 g/mol. The largest absolute Gasteiger partial charge is 0.489 e. The Morgan fingerprint density at radius 1 is 0.875 bits per heavy atom. The zero-order valence-electron chi connectivity index (χ0n) is 17.8. The molecule has 6 nitrogen and oxygen atoms in total. The van der Waals surface area contributed by atoms with Crippen LogP contribution in [-0.4, -0.2) is 25.0 Å². The van der Waals surface area contributed by atoms with Crippen LogP contribution < -0.4 is 19.7 Å². The van der Waals surface area contributed by atoms with Gasteiger partial charge in [0.1, 0.15) is 18.1 Å². The molecule has 1 aliphatic heterocycles. The third-order valence-electron chi connectivity index (χ3n) is 5.21. The van der Waals surface area contributed by atoms with Crippen LogP contribution in [0.15, 0.2) is 78.9 Å². The van der Waals surface area contributed by atoms with E-state index in [-0.39, 0.29) is 18.4 Å². The van der Waals surface area contributed by atoms with E-state index in [0.29, 0.717) is 25.3 Å². The maximum Gasteiger partial charge on any atom is 0.258 e. The molecule has 1 N–H and O–H groups in total. The number of carbonyl (C=O) groups excluding carboxylic acids is 2. The summed E-state index contributed by atoms with van der Waals surface area (Å²) in [4.78, 5) is 25.9. The Balaban J connectivity index is 1.24. The summed E-state index contributed by atoms with van der Waals surface area (Å²) in [5.74, 6) is 1.22. The second-order valence-electron chi connectivity index (χ2n) is 7.63. The van der Waals surface area contributed by atoms with Crippen molar-refractivity contribution in [3.8, 4) is 11.5 Å². The van der Waals surface area contributed by atoms with Crippen LogP contribution in [0.4, 0.5) is 5.69 Å². The summed E-state index contributed by atoms with van der Waals surface area (Å²) in [7, 11) is 0. The molecular weight excluding hydrogens is 404 g/mol. The molecule has 1 heterocycles. The van der Waals surface area contributed by atoms with Gasteiger partial charge in [0, 0.05) is 31.3 Å². The third kappa shape index (κ3) is 5.88. The number of hydrogen-bond donors (Lipinski definition) is 1. The van der Waals surface area contributed by atoms with Crippen molar-refractivity contribution < 1.29 is 19.1 Å². The molecule has 0 radical (unpaired) electrons. The molecule has 4 rings (SSSR count). The molecule has 0 bridgehead atoms. The lowest BCUT2D eigenvalue weighted by atomic mass is 10.2. The molecular formula is C26H26N2O4. The number of nitrogens with zero attached hydrogens (tertiary/aromatic N) is 1. The molecule has 0 atom stereocenters. The number of benzene rings is 3. The average Bonchev–Trinajstić information content (AvgIpc) is 3.27. The lowest BCUT2D eigenvalue weighted by molar-refractivity contribution is -0.123. The van der Waals surface area contributed by atoms with E-state index < -0.39 is 0 Å². The Morgan fingerprint density at radius 3 is 2.41 bits per heavy atom. The second kappa shape index (κ2) is 10.5. The van der Waals surface area contributed by atoms with Crippen molar-refractivity contribution in [2.24, 2.45) is 0 Å². The number of hydrogen-bond acceptors (Lipinski definition) is 4. The molecule has 0 aromatic heterocycles. The highest BCUT2D eigenvalue weighted by Gasteiger charge is 2.21. The van der Waals surface area contributed by atoms with Gasteiger partial charge in [0.05, 0.1) is 0 Å². The van der Waals surface area contributed by atoms with E-state index in [1.54, 1.807) is 17.0 Å². The number of anilines is 1. The Labute approximate surface area is 187 Å². The first-order valence-electron chi connectivity index (χ1n) is 10.7. The van der Waals surface area contributed by atoms with Gasteiger partial charge in [0.2, 0.25) is 5.91 Å². The molecule has 0 unspecified atom stereocenters. The number of ether oxygens (including phenoxy) is 2. The van der Waals surface area contributed by atoms with Gasteiger partial charge < -0.3 is 19.7 Å². The topological polar surface area (TPSA) is 67.9 Å². The van der Waals surface area contributed by atoms with Crippen molar-refractivity contribution in [1.82, 2.24) is 5.32 Å². The Morgan fingerprint density at radius 2 is 1.62 bits per heavy atom. The summed E-state index contributed by atoms with van der Waals surface area (Å²) in [6, 6.07) is 24.9. The molecule has 3 aromatic carbocycles. The standard InChI is InChI=1S/C26H26N2O4/c29-25(19-32-24-12-5-10-22(16-24)28-14-6-13-26(28)30)27-17-21-9-4-11-23(15-21)31-18-20-7-2-1-3-8-20/h1-5,7-12,15-16H,6,13-14,17-19H2,(H,27,29). The summed E-state index contributed by atoms with van der Waals surface area (Å²) in [5.41, 5.74) is 2.85. The van der Waals surface area contributed by atoms with E-state index >= 15 is 0 Å². The molecule has 164 valence electrons. The molecule has 1 saturated heterocycles. The number of carbonyl (C=O) groups is 2. The highest BCUT2D eigenvalue weighted by Crippen LogP contribution is 2.25. The number of amides is 2. The summed E-state index contributed by atoms with van der Waals surface area (Å²) in [6.07, 6.45) is 1.44. The molecule has 3 aromatic rings. The fourth-order valence-corrected chi connectivity index (χ4v) is 3.55.